The topological polar surface area (TPSA) is 45.6 Å². The largest absolute Gasteiger partial charge is 0.378 e. The third-order valence-corrected chi connectivity index (χ3v) is 3.03. The number of benzene rings is 1. The van der Waals surface area contributed by atoms with Crippen molar-refractivity contribution in [2.75, 3.05) is 13.7 Å². The number of ether oxygens (including phenoxy) is 1. The van der Waals surface area contributed by atoms with Gasteiger partial charge in [0.2, 0.25) is 0 Å². The second kappa shape index (κ2) is 6.45. The Balaban J connectivity index is 1.99. The molecule has 1 heterocycles. The van der Waals surface area contributed by atoms with Crippen LogP contribution in [0, 0.1) is 5.82 Å². The summed E-state index contributed by atoms with van der Waals surface area (Å²) in [4.78, 5) is 4.33. The lowest BCUT2D eigenvalue weighted by molar-refractivity contribution is 0.220. The number of aliphatic imine (C=N–C) groups is 1. The third-order valence-electron chi connectivity index (χ3n) is 3.03. The van der Waals surface area contributed by atoms with E-state index in [4.69, 9.17) is 4.74 Å². The number of rotatable bonds is 5. The summed E-state index contributed by atoms with van der Waals surface area (Å²) in [7, 11) is 1.66. The standard InChI is InChI=1S/C14H18FN3O/c1-10-13(8-19-2)17-9-18-14(10)16-7-11-4-3-5-12(15)6-11/h3-6,9,14,16H,7-8H2,1-2H3,(H,17,18). The number of hydrogen-bond donors (Lipinski definition) is 2. The van der Waals surface area contributed by atoms with Crippen LogP contribution in [0.1, 0.15) is 12.5 Å². The maximum Gasteiger partial charge on any atom is 0.125 e. The van der Waals surface area contributed by atoms with E-state index in [2.05, 4.69) is 15.6 Å². The van der Waals surface area contributed by atoms with Gasteiger partial charge < -0.3 is 10.1 Å². The van der Waals surface area contributed by atoms with Gasteiger partial charge in [-0.25, -0.2) is 4.39 Å². The quantitative estimate of drug-likeness (QED) is 0.851. The summed E-state index contributed by atoms with van der Waals surface area (Å²) in [6.07, 6.45) is 1.56. The van der Waals surface area contributed by atoms with Gasteiger partial charge in [-0.05, 0) is 30.2 Å². The van der Waals surface area contributed by atoms with Crippen LogP contribution in [0.4, 0.5) is 4.39 Å². The highest BCUT2D eigenvalue weighted by molar-refractivity contribution is 5.60. The Morgan fingerprint density at radius 3 is 3.05 bits per heavy atom. The van der Waals surface area contributed by atoms with Crippen LogP contribution in [0.15, 0.2) is 40.5 Å². The zero-order valence-corrected chi connectivity index (χ0v) is 11.1. The molecular formula is C14H18FN3O. The summed E-state index contributed by atoms with van der Waals surface area (Å²) in [5.74, 6) is -0.222. The molecule has 1 aromatic rings. The number of halogens is 1. The fourth-order valence-electron chi connectivity index (χ4n) is 1.95. The van der Waals surface area contributed by atoms with Crippen LogP contribution in [0.5, 0.6) is 0 Å². The van der Waals surface area contributed by atoms with Gasteiger partial charge >= 0.3 is 0 Å². The van der Waals surface area contributed by atoms with Crippen molar-refractivity contribution in [3.63, 3.8) is 0 Å². The molecule has 4 nitrogen and oxygen atoms in total. The first kappa shape index (κ1) is 13.7. The molecule has 5 heteroatoms. The first-order chi connectivity index (χ1) is 9.20. The van der Waals surface area contributed by atoms with Crippen LogP contribution >= 0.6 is 0 Å². The number of nitrogens with one attached hydrogen (secondary N) is 2. The molecule has 2 rings (SSSR count). The first-order valence-corrected chi connectivity index (χ1v) is 6.15. The van der Waals surface area contributed by atoms with Crippen molar-refractivity contribution >= 4 is 6.34 Å². The molecule has 0 aliphatic carbocycles. The van der Waals surface area contributed by atoms with Crippen LogP contribution in [-0.2, 0) is 11.3 Å². The number of hydrogen-bond acceptors (Lipinski definition) is 4. The van der Waals surface area contributed by atoms with Gasteiger partial charge in [-0.15, -0.1) is 0 Å². The maximum atomic E-state index is 13.1. The predicted octanol–water partition coefficient (Wildman–Crippen LogP) is 1.79. The summed E-state index contributed by atoms with van der Waals surface area (Å²) >= 11 is 0. The highest BCUT2D eigenvalue weighted by Crippen LogP contribution is 2.12. The molecule has 19 heavy (non-hydrogen) atoms. The molecule has 0 spiro atoms. The Morgan fingerprint density at radius 2 is 2.32 bits per heavy atom. The second-order valence-electron chi connectivity index (χ2n) is 4.43. The van der Waals surface area contributed by atoms with Gasteiger partial charge in [-0.1, -0.05) is 12.1 Å². The Kier molecular flexibility index (Phi) is 4.65. The Bertz CT molecular complexity index is 499. The molecule has 1 unspecified atom stereocenters. The highest BCUT2D eigenvalue weighted by atomic mass is 19.1. The molecule has 0 aromatic heterocycles. The number of nitrogens with zero attached hydrogens (tertiary/aromatic N) is 1. The molecular weight excluding hydrogens is 245 g/mol. The minimum atomic E-state index is -0.222. The van der Waals surface area contributed by atoms with Gasteiger partial charge in [0.1, 0.15) is 12.0 Å². The molecule has 0 fully saturated rings. The smallest absolute Gasteiger partial charge is 0.125 e. The van der Waals surface area contributed by atoms with Gasteiger partial charge in [-0.2, -0.15) is 0 Å². The van der Waals surface area contributed by atoms with Gasteiger partial charge in [-0.3, -0.25) is 10.3 Å². The lowest BCUT2D eigenvalue weighted by atomic mass is 10.1. The fraction of sp³-hybridized carbons (Fsp3) is 0.357. The van der Waals surface area contributed by atoms with Crippen molar-refractivity contribution < 1.29 is 9.13 Å². The SMILES string of the molecule is COCC1=C(C)C(NCc2cccc(F)c2)N=CN1. The van der Waals surface area contributed by atoms with E-state index in [1.54, 1.807) is 19.5 Å². The average Bonchev–Trinajstić information content (AvgIpc) is 2.40. The first-order valence-electron chi connectivity index (χ1n) is 6.15. The molecule has 0 amide bonds. The molecule has 0 saturated carbocycles. The van der Waals surface area contributed by atoms with Crippen molar-refractivity contribution in [3.05, 3.63) is 46.9 Å². The summed E-state index contributed by atoms with van der Waals surface area (Å²) in [5.41, 5.74) is 2.99. The monoisotopic (exact) mass is 263 g/mol. The van der Waals surface area contributed by atoms with Crippen LogP contribution in [0.25, 0.3) is 0 Å². The highest BCUT2D eigenvalue weighted by Gasteiger charge is 2.16. The van der Waals surface area contributed by atoms with Gasteiger partial charge in [0.05, 0.1) is 12.9 Å². The van der Waals surface area contributed by atoms with Crippen LogP contribution in [0.3, 0.4) is 0 Å². The summed E-state index contributed by atoms with van der Waals surface area (Å²) < 4.78 is 18.2. The molecule has 0 radical (unpaired) electrons. The predicted molar refractivity (Wildman–Crippen MR) is 73.2 cm³/mol. The Labute approximate surface area is 112 Å². The summed E-state index contributed by atoms with van der Waals surface area (Å²) in [6, 6.07) is 6.55. The second-order valence-corrected chi connectivity index (χ2v) is 4.43. The van der Waals surface area contributed by atoms with E-state index in [0.29, 0.717) is 13.2 Å². The van der Waals surface area contributed by atoms with Crippen LogP contribution in [0.2, 0.25) is 0 Å². The lowest BCUT2D eigenvalue weighted by Gasteiger charge is -2.23. The average molecular weight is 263 g/mol. The molecule has 1 atom stereocenters. The molecule has 102 valence electrons. The van der Waals surface area contributed by atoms with E-state index < -0.39 is 0 Å². The van der Waals surface area contributed by atoms with E-state index >= 15 is 0 Å². The normalized spacial score (nSPS) is 18.6. The van der Waals surface area contributed by atoms with E-state index in [1.807, 2.05) is 13.0 Å². The molecule has 1 aliphatic heterocycles. The van der Waals surface area contributed by atoms with Crippen molar-refractivity contribution in [1.29, 1.82) is 0 Å². The van der Waals surface area contributed by atoms with Gasteiger partial charge in [0.25, 0.3) is 0 Å². The zero-order chi connectivity index (χ0) is 13.7. The zero-order valence-electron chi connectivity index (χ0n) is 11.1. The van der Waals surface area contributed by atoms with E-state index in [1.165, 1.54) is 12.1 Å². The lowest BCUT2D eigenvalue weighted by Crippen LogP contribution is -2.35. The maximum absolute atomic E-state index is 13.1. The molecule has 1 aliphatic rings. The third kappa shape index (κ3) is 3.62. The fourth-order valence-corrected chi connectivity index (χ4v) is 1.95. The van der Waals surface area contributed by atoms with Crippen molar-refractivity contribution in [2.45, 2.75) is 19.6 Å². The van der Waals surface area contributed by atoms with E-state index in [0.717, 1.165) is 16.8 Å². The van der Waals surface area contributed by atoms with Crippen molar-refractivity contribution in [3.8, 4) is 0 Å². The minimum Gasteiger partial charge on any atom is -0.378 e. The number of methoxy groups -OCH3 is 1. The molecule has 0 saturated heterocycles. The van der Waals surface area contributed by atoms with Gasteiger partial charge in [0.15, 0.2) is 0 Å². The molecule has 0 bridgehead atoms. The van der Waals surface area contributed by atoms with Gasteiger partial charge in [0, 0.05) is 19.4 Å². The summed E-state index contributed by atoms with van der Waals surface area (Å²) in [6.45, 7) is 3.09. The minimum absolute atomic E-state index is 0.102. The van der Waals surface area contributed by atoms with E-state index in [-0.39, 0.29) is 12.0 Å². The molecule has 2 N–H and O–H groups in total. The summed E-state index contributed by atoms with van der Waals surface area (Å²) in [5, 5.41) is 6.36. The molecule has 1 aromatic carbocycles. The van der Waals surface area contributed by atoms with E-state index in [9.17, 15) is 4.39 Å². The van der Waals surface area contributed by atoms with Crippen LogP contribution in [-0.4, -0.2) is 26.2 Å². The Morgan fingerprint density at radius 1 is 1.47 bits per heavy atom. The Hall–Kier alpha value is -1.72. The van der Waals surface area contributed by atoms with Crippen molar-refractivity contribution in [1.82, 2.24) is 10.6 Å². The van der Waals surface area contributed by atoms with Crippen LogP contribution < -0.4 is 10.6 Å². The van der Waals surface area contributed by atoms with Crippen molar-refractivity contribution in [2.24, 2.45) is 4.99 Å².